The van der Waals surface area contributed by atoms with Crippen molar-refractivity contribution in [3.63, 3.8) is 0 Å². The second kappa shape index (κ2) is 10.1. The Morgan fingerprint density at radius 3 is 2.38 bits per heavy atom. The molecular weight excluding hydrogens is 540 g/mol. The SMILES string of the molecule is CS(=O)(=O)NCc1cccc(Cn2c(C(=O)NS(C)(=O)=O)c(-c3ccc[nH]c3=O)c3cc(Cl)ccc32)c1. The number of sulfonamides is 2. The molecule has 0 aliphatic heterocycles. The lowest BCUT2D eigenvalue weighted by Crippen LogP contribution is -2.32. The third-order valence-electron chi connectivity index (χ3n) is 5.48. The number of carbonyl (C=O) groups excluding carboxylic acids is 1. The minimum atomic E-state index is -3.93. The average molecular weight is 563 g/mol. The number of rotatable bonds is 8. The summed E-state index contributed by atoms with van der Waals surface area (Å²) < 4.78 is 53.0. The van der Waals surface area contributed by atoms with Crippen molar-refractivity contribution in [1.82, 2.24) is 19.0 Å². The number of halogens is 1. The van der Waals surface area contributed by atoms with E-state index in [1.807, 2.05) is 4.72 Å². The minimum Gasteiger partial charge on any atom is -0.331 e. The number of carbonyl (C=O) groups is 1. The largest absolute Gasteiger partial charge is 0.331 e. The van der Waals surface area contributed by atoms with Crippen molar-refractivity contribution in [1.29, 1.82) is 0 Å². The van der Waals surface area contributed by atoms with E-state index >= 15 is 0 Å². The molecule has 0 atom stereocenters. The van der Waals surface area contributed by atoms with Crippen molar-refractivity contribution in [2.45, 2.75) is 13.1 Å². The first-order valence-corrected chi connectivity index (χ1v) is 15.0. The molecule has 1 amide bonds. The zero-order valence-electron chi connectivity index (χ0n) is 19.8. The summed E-state index contributed by atoms with van der Waals surface area (Å²) in [5, 5.41) is 0.847. The molecule has 13 heteroatoms. The highest BCUT2D eigenvalue weighted by atomic mass is 35.5. The van der Waals surface area contributed by atoms with Crippen LogP contribution >= 0.6 is 11.6 Å². The van der Waals surface area contributed by atoms with Gasteiger partial charge in [0.15, 0.2) is 0 Å². The molecule has 2 aromatic carbocycles. The van der Waals surface area contributed by atoms with Gasteiger partial charge in [-0.2, -0.15) is 0 Å². The number of nitrogens with zero attached hydrogens (tertiary/aromatic N) is 1. The van der Waals surface area contributed by atoms with Gasteiger partial charge in [0.05, 0.1) is 12.5 Å². The molecule has 0 bridgehead atoms. The Labute approximate surface area is 218 Å². The lowest BCUT2D eigenvalue weighted by Gasteiger charge is -2.13. The van der Waals surface area contributed by atoms with Gasteiger partial charge in [-0.25, -0.2) is 26.3 Å². The first-order chi connectivity index (χ1) is 17.3. The van der Waals surface area contributed by atoms with Crippen LogP contribution in [0.15, 0.2) is 65.6 Å². The molecular formula is C24H23ClN4O6S2. The fourth-order valence-corrected chi connectivity index (χ4v) is 5.10. The van der Waals surface area contributed by atoms with Gasteiger partial charge in [0, 0.05) is 46.3 Å². The molecule has 2 aromatic heterocycles. The van der Waals surface area contributed by atoms with E-state index in [0.717, 1.165) is 12.5 Å². The first kappa shape index (κ1) is 26.6. The van der Waals surface area contributed by atoms with Crippen molar-refractivity contribution in [3.05, 3.63) is 93.0 Å². The zero-order valence-corrected chi connectivity index (χ0v) is 22.2. The lowest BCUT2D eigenvalue weighted by atomic mass is 10.0. The third kappa shape index (κ3) is 6.28. The highest BCUT2D eigenvalue weighted by Crippen LogP contribution is 2.36. The van der Waals surface area contributed by atoms with Crippen LogP contribution in [-0.2, 0) is 33.1 Å². The Morgan fingerprint density at radius 2 is 1.70 bits per heavy atom. The first-order valence-electron chi connectivity index (χ1n) is 10.9. The van der Waals surface area contributed by atoms with Crippen LogP contribution in [0.3, 0.4) is 0 Å². The zero-order chi connectivity index (χ0) is 27.0. The van der Waals surface area contributed by atoms with E-state index in [9.17, 15) is 26.4 Å². The van der Waals surface area contributed by atoms with Gasteiger partial charge in [0.1, 0.15) is 5.69 Å². The Bertz CT molecular complexity index is 1790. The van der Waals surface area contributed by atoms with Crippen molar-refractivity contribution in [2.24, 2.45) is 0 Å². The second-order valence-corrected chi connectivity index (χ2v) is 12.5. The summed E-state index contributed by atoms with van der Waals surface area (Å²) in [7, 11) is -7.34. The van der Waals surface area contributed by atoms with Gasteiger partial charge in [-0.1, -0.05) is 35.9 Å². The van der Waals surface area contributed by atoms with Gasteiger partial charge in [-0.05, 0) is 41.5 Å². The molecule has 0 fully saturated rings. The van der Waals surface area contributed by atoms with E-state index in [-0.39, 0.29) is 29.9 Å². The van der Waals surface area contributed by atoms with Crippen molar-refractivity contribution < 1.29 is 21.6 Å². The molecule has 0 saturated heterocycles. The highest BCUT2D eigenvalue weighted by Gasteiger charge is 2.27. The van der Waals surface area contributed by atoms with Crippen LogP contribution in [-0.4, -0.2) is 44.8 Å². The average Bonchev–Trinajstić information content (AvgIpc) is 3.10. The van der Waals surface area contributed by atoms with Crippen LogP contribution in [0.25, 0.3) is 22.0 Å². The minimum absolute atomic E-state index is 0.0425. The molecule has 0 saturated carbocycles. The number of hydrogen-bond acceptors (Lipinski definition) is 6. The Balaban J connectivity index is 1.95. The van der Waals surface area contributed by atoms with Crippen LogP contribution in [0.2, 0.25) is 5.02 Å². The van der Waals surface area contributed by atoms with Crippen molar-refractivity contribution >= 4 is 48.5 Å². The van der Waals surface area contributed by atoms with Gasteiger partial charge >= 0.3 is 0 Å². The maximum atomic E-state index is 13.4. The molecule has 0 radical (unpaired) electrons. The fraction of sp³-hybridized carbons (Fsp3) is 0.167. The molecule has 0 aliphatic rings. The molecule has 0 unspecified atom stereocenters. The maximum absolute atomic E-state index is 13.4. The smallest absolute Gasteiger partial charge is 0.282 e. The quantitative estimate of drug-likeness (QED) is 0.300. The molecule has 0 aliphatic carbocycles. The van der Waals surface area contributed by atoms with Gasteiger partial charge in [-0.15, -0.1) is 0 Å². The molecule has 10 nitrogen and oxygen atoms in total. The Morgan fingerprint density at radius 1 is 0.973 bits per heavy atom. The third-order valence-corrected chi connectivity index (χ3v) is 6.94. The second-order valence-electron chi connectivity index (χ2n) is 8.50. The van der Waals surface area contributed by atoms with Gasteiger partial charge in [0.25, 0.3) is 11.5 Å². The topological polar surface area (TPSA) is 147 Å². The van der Waals surface area contributed by atoms with Gasteiger partial charge < -0.3 is 9.55 Å². The number of hydrogen-bond donors (Lipinski definition) is 3. The monoisotopic (exact) mass is 562 g/mol. The number of aromatic amines is 1. The van der Waals surface area contributed by atoms with Crippen LogP contribution < -0.4 is 15.0 Å². The van der Waals surface area contributed by atoms with E-state index < -0.39 is 31.5 Å². The number of benzene rings is 2. The highest BCUT2D eigenvalue weighted by molar-refractivity contribution is 7.89. The van der Waals surface area contributed by atoms with E-state index in [2.05, 4.69) is 9.71 Å². The molecule has 37 heavy (non-hydrogen) atoms. The van der Waals surface area contributed by atoms with E-state index in [1.165, 1.54) is 12.3 Å². The Hall–Kier alpha value is -3.45. The standard InChI is InChI=1S/C24H23ClN4O6S2/c1-36(32,33)27-13-15-5-3-6-16(11-15)14-29-20-9-8-17(25)12-19(20)21(18-7-4-10-26-23(18)30)22(29)24(31)28-37(2,34)35/h3-12,27H,13-14H2,1-2H3,(H,26,30)(H,28,31). The lowest BCUT2D eigenvalue weighted by molar-refractivity contribution is 0.0974. The van der Waals surface area contributed by atoms with Crippen LogP contribution in [0.4, 0.5) is 0 Å². The number of pyridine rings is 1. The van der Waals surface area contributed by atoms with Crippen molar-refractivity contribution in [2.75, 3.05) is 12.5 Å². The molecule has 4 aromatic rings. The van der Waals surface area contributed by atoms with Crippen LogP contribution in [0, 0.1) is 0 Å². The molecule has 2 heterocycles. The van der Waals surface area contributed by atoms with Gasteiger partial charge in [0.2, 0.25) is 20.0 Å². The van der Waals surface area contributed by atoms with E-state index in [1.54, 1.807) is 53.1 Å². The number of H-pyrrole nitrogens is 1. The summed E-state index contributed by atoms with van der Waals surface area (Å²) in [4.78, 5) is 28.7. The molecule has 194 valence electrons. The van der Waals surface area contributed by atoms with E-state index in [4.69, 9.17) is 11.6 Å². The van der Waals surface area contributed by atoms with Crippen LogP contribution in [0.5, 0.6) is 0 Å². The summed E-state index contributed by atoms with van der Waals surface area (Å²) in [6.07, 6.45) is 3.37. The predicted molar refractivity (Wildman–Crippen MR) is 143 cm³/mol. The Kier molecular flexibility index (Phi) is 7.29. The maximum Gasteiger partial charge on any atom is 0.282 e. The van der Waals surface area contributed by atoms with Crippen LogP contribution in [0.1, 0.15) is 21.6 Å². The summed E-state index contributed by atoms with van der Waals surface area (Å²) in [5.74, 6) is -0.914. The fourth-order valence-electron chi connectivity index (χ4n) is 4.07. The molecule has 3 N–H and O–H groups in total. The van der Waals surface area contributed by atoms with Crippen molar-refractivity contribution in [3.8, 4) is 11.1 Å². The summed E-state index contributed by atoms with van der Waals surface area (Å²) in [5.41, 5.74) is 1.82. The normalized spacial score (nSPS) is 12.1. The molecule has 0 spiro atoms. The number of nitrogens with one attached hydrogen (secondary N) is 3. The van der Waals surface area contributed by atoms with E-state index in [0.29, 0.717) is 27.1 Å². The summed E-state index contributed by atoms with van der Waals surface area (Å²) in [6.45, 7) is 0.183. The summed E-state index contributed by atoms with van der Waals surface area (Å²) >= 11 is 6.27. The summed E-state index contributed by atoms with van der Waals surface area (Å²) in [6, 6.07) is 15.1. The number of aromatic nitrogens is 2. The number of fused-ring (bicyclic) bond motifs is 1. The van der Waals surface area contributed by atoms with Gasteiger partial charge in [-0.3, -0.25) is 9.59 Å². The molecule has 4 rings (SSSR count). The predicted octanol–water partition coefficient (Wildman–Crippen LogP) is 2.44. The number of amides is 1.